The zero-order valence-corrected chi connectivity index (χ0v) is 17.7. The molecule has 0 spiro atoms. The molecule has 152 valence electrons. The van der Waals surface area contributed by atoms with Gasteiger partial charge >= 0.3 is 0 Å². The fourth-order valence-electron chi connectivity index (χ4n) is 2.88. The number of anilines is 1. The number of amides is 1. The van der Waals surface area contributed by atoms with Crippen molar-refractivity contribution < 1.29 is 17.9 Å². The number of nitrogens with zero attached hydrogens (tertiary/aromatic N) is 1. The lowest BCUT2D eigenvalue weighted by Crippen LogP contribution is -2.26. The number of sulfonamides is 1. The molecule has 1 amide bonds. The Morgan fingerprint density at radius 1 is 1.24 bits per heavy atom. The van der Waals surface area contributed by atoms with Crippen LogP contribution in [0.5, 0.6) is 5.75 Å². The highest BCUT2D eigenvalue weighted by Crippen LogP contribution is 2.30. The number of carbonyl (C=O) groups excluding carboxylic acids is 1. The number of thiazole rings is 1. The van der Waals surface area contributed by atoms with E-state index >= 15 is 0 Å². The first-order valence-corrected chi connectivity index (χ1v) is 11.6. The second kappa shape index (κ2) is 7.74. The number of rotatable bonds is 7. The SMILES string of the molecule is CCOc1ccc2nc(NC(=O)c3cc(S(=O)(=O)NC4CC4)ccc3C)sc2c1. The normalized spacial score (nSPS) is 14.1. The number of nitrogens with one attached hydrogen (secondary N) is 2. The van der Waals surface area contributed by atoms with Gasteiger partial charge in [0.2, 0.25) is 10.0 Å². The molecule has 0 unspecified atom stereocenters. The Hall–Kier alpha value is -2.49. The minimum atomic E-state index is -3.63. The molecule has 0 radical (unpaired) electrons. The van der Waals surface area contributed by atoms with Gasteiger partial charge < -0.3 is 4.74 Å². The third-order valence-corrected chi connectivity index (χ3v) is 7.01. The van der Waals surface area contributed by atoms with Gasteiger partial charge in [0.1, 0.15) is 5.75 Å². The van der Waals surface area contributed by atoms with Gasteiger partial charge in [-0.2, -0.15) is 0 Å². The third-order valence-electron chi connectivity index (χ3n) is 4.55. The van der Waals surface area contributed by atoms with Gasteiger partial charge in [-0.1, -0.05) is 17.4 Å². The second-order valence-corrected chi connectivity index (χ2v) is 9.65. The summed E-state index contributed by atoms with van der Waals surface area (Å²) < 4.78 is 34.0. The van der Waals surface area contributed by atoms with E-state index in [1.54, 1.807) is 13.0 Å². The van der Waals surface area contributed by atoms with Crippen molar-refractivity contribution >= 4 is 42.6 Å². The molecule has 9 heteroatoms. The number of hydrogen-bond donors (Lipinski definition) is 2. The highest BCUT2D eigenvalue weighted by atomic mass is 32.2. The van der Waals surface area contributed by atoms with Gasteiger partial charge in [-0.25, -0.2) is 18.1 Å². The average molecular weight is 432 g/mol. The average Bonchev–Trinajstić information content (AvgIpc) is 3.38. The molecule has 1 saturated carbocycles. The van der Waals surface area contributed by atoms with Gasteiger partial charge in [0.05, 0.1) is 21.7 Å². The lowest BCUT2D eigenvalue weighted by atomic mass is 10.1. The van der Waals surface area contributed by atoms with E-state index in [0.29, 0.717) is 22.9 Å². The quantitative estimate of drug-likeness (QED) is 0.595. The van der Waals surface area contributed by atoms with E-state index in [1.165, 1.54) is 23.5 Å². The van der Waals surface area contributed by atoms with Gasteiger partial charge in [0.15, 0.2) is 5.13 Å². The fraction of sp³-hybridized carbons (Fsp3) is 0.300. The van der Waals surface area contributed by atoms with Crippen molar-refractivity contribution in [1.82, 2.24) is 9.71 Å². The van der Waals surface area contributed by atoms with Crippen LogP contribution in [0.1, 0.15) is 35.7 Å². The van der Waals surface area contributed by atoms with Gasteiger partial charge in [0.25, 0.3) is 5.91 Å². The molecule has 2 aromatic carbocycles. The summed E-state index contributed by atoms with van der Waals surface area (Å²) in [6, 6.07) is 10.1. The summed E-state index contributed by atoms with van der Waals surface area (Å²) in [6.07, 6.45) is 1.70. The summed E-state index contributed by atoms with van der Waals surface area (Å²) in [6.45, 7) is 4.26. The summed E-state index contributed by atoms with van der Waals surface area (Å²) in [5.74, 6) is 0.355. The van der Waals surface area contributed by atoms with E-state index in [2.05, 4.69) is 15.0 Å². The Balaban J connectivity index is 1.58. The molecule has 1 heterocycles. The molecule has 1 aliphatic rings. The van der Waals surface area contributed by atoms with E-state index < -0.39 is 15.9 Å². The maximum Gasteiger partial charge on any atom is 0.257 e. The van der Waals surface area contributed by atoms with Crippen molar-refractivity contribution in [2.24, 2.45) is 0 Å². The first-order valence-electron chi connectivity index (χ1n) is 9.33. The number of carbonyl (C=O) groups is 1. The Morgan fingerprint density at radius 2 is 2.03 bits per heavy atom. The molecule has 2 N–H and O–H groups in total. The van der Waals surface area contributed by atoms with E-state index in [0.717, 1.165) is 28.8 Å². The molecular formula is C20H21N3O4S2. The van der Waals surface area contributed by atoms with Gasteiger partial charge in [-0.15, -0.1) is 0 Å². The molecule has 0 saturated heterocycles. The molecule has 4 rings (SSSR count). The maximum atomic E-state index is 12.8. The molecule has 3 aromatic rings. The smallest absolute Gasteiger partial charge is 0.257 e. The third kappa shape index (κ3) is 4.42. The van der Waals surface area contributed by atoms with Crippen molar-refractivity contribution in [2.75, 3.05) is 11.9 Å². The predicted molar refractivity (Wildman–Crippen MR) is 113 cm³/mol. The molecule has 29 heavy (non-hydrogen) atoms. The lowest BCUT2D eigenvalue weighted by Gasteiger charge is -2.10. The highest BCUT2D eigenvalue weighted by molar-refractivity contribution is 7.89. The summed E-state index contributed by atoms with van der Waals surface area (Å²) >= 11 is 1.34. The van der Waals surface area contributed by atoms with Crippen LogP contribution in [0.4, 0.5) is 5.13 Å². The van der Waals surface area contributed by atoms with Crippen LogP contribution in [0.15, 0.2) is 41.3 Å². The Kier molecular flexibility index (Phi) is 5.28. The Labute approximate surface area is 173 Å². The second-order valence-electron chi connectivity index (χ2n) is 6.91. The monoisotopic (exact) mass is 431 g/mol. The molecule has 0 aliphatic heterocycles. The minimum Gasteiger partial charge on any atom is -0.494 e. The summed E-state index contributed by atoms with van der Waals surface area (Å²) in [7, 11) is -3.63. The molecular weight excluding hydrogens is 410 g/mol. The van der Waals surface area contributed by atoms with Crippen molar-refractivity contribution in [3.8, 4) is 5.75 Å². The van der Waals surface area contributed by atoms with E-state index in [-0.39, 0.29) is 10.9 Å². The zero-order valence-electron chi connectivity index (χ0n) is 16.1. The highest BCUT2D eigenvalue weighted by Gasteiger charge is 2.28. The first-order chi connectivity index (χ1) is 13.9. The zero-order chi connectivity index (χ0) is 20.6. The number of aryl methyl sites for hydroxylation is 1. The van der Waals surface area contributed by atoms with Crippen LogP contribution >= 0.6 is 11.3 Å². The summed E-state index contributed by atoms with van der Waals surface area (Å²) in [4.78, 5) is 17.3. The number of hydrogen-bond acceptors (Lipinski definition) is 6. The van der Waals surface area contributed by atoms with Crippen LogP contribution < -0.4 is 14.8 Å². The van der Waals surface area contributed by atoms with Crippen LogP contribution in [0.3, 0.4) is 0 Å². The maximum absolute atomic E-state index is 12.8. The van der Waals surface area contributed by atoms with Crippen molar-refractivity contribution in [3.63, 3.8) is 0 Å². The number of aromatic nitrogens is 1. The number of benzene rings is 2. The van der Waals surface area contributed by atoms with Crippen LogP contribution in [-0.2, 0) is 10.0 Å². The van der Waals surface area contributed by atoms with Crippen LogP contribution in [0.2, 0.25) is 0 Å². The Bertz CT molecular complexity index is 1180. The van der Waals surface area contributed by atoms with Crippen molar-refractivity contribution in [1.29, 1.82) is 0 Å². The molecule has 1 fully saturated rings. The van der Waals surface area contributed by atoms with Gasteiger partial charge in [-0.05, 0) is 62.6 Å². The Morgan fingerprint density at radius 3 is 2.76 bits per heavy atom. The largest absolute Gasteiger partial charge is 0.494 e. The lowest BCUT2D eigenvalue weighted by molar-refractivity contribution is 0.102. The topological polar surface area (TPSA) is 97.4 Å². The minimum absolute atomic E-state index is 0.00269. The van der Waals surface area contributed by atoms with Gasteiger partial charge in [0, 0.05) is 11.6 Å². The van der Waals surface area contributed by atoms with Crippen LogP contribution in [-0.4, -0.2) is 32.0 Å². The summed E-state index contributed by atoms with van der Waals surface area (Å²) in [5.41, 5.74) is 1.75. The molecule has 0 bridgehead atoms. The number of ether oxygens (including phenoxy) is 1. The summed E-state index contributed by atoms with van der Waals surface area (Å²) in [5, 5.41) is 3.23. The molecule has 1 aliphatic carbocycles. The van der Waals surface area contributed by atoms with Crippen LogP contribution in [0, 0.1) is 6.92 Å². The van der Waals surface area contributed by atoms with Gasteiger partial charge in [-0.3, -0.25) is 10.1 Å². The first kappa shape index (κ1) is 19.8. The van der Waals surface area contributed by atoms with E-state index in [9.17, 15) is 13.2 Å². The van der Waals surface area contributed by atoms with E-state index in [1.807, 2.05) is 25.1 Å². The predicted octanol–water partition coefficient (Wildman–Crippen LogP) is 3.70. The van der Waals surface area contributed by atoms with Crippen LogP contribution in [0.25, 0.3) is 10.2 Å². The fourth-order valence-corrected chi connectivity index (χ4v) is 5.10. The molecule has 7 nitrogen and oxygen atoms in total. The standard InChI is InChI=1S/C20H21N3O4S2/c1-3-27-14-7-9-17-18(10-14)28-20(21-17)22-19(24)16-11-15(8-4-12(16)2)29(25,26)23-13-5-6-13/h4,7-11,13,23H,3,5-6H2,1-2H3,(H,21,22,24). The number of fused-ring (bicyclic) bond motifs is 1. The van der Waals surface area contributed by atoms with Crippen molar-refractivity contribution in [3.05, 3.63) is 47.5 Å². The van der Waals surface area contributed by atoms with Crippen molar-refractivity contribution in [2.45, 2.75) is 37.6 Å². The molecule has 0 atom stereocenters. The van der Waals surface area contributed by atoms with E-state index in [4.69, 9.17) is 4.74 Å². The molecule has 1 aromatic heterocycles.